The van der Waals surface area contributed by atoms with Crippen LogP contribution in [-0.4, -0.2) is 11.7 Å². The minimum Gasteiger partial charge on any atom is -0.317 e. The number of nitrogens with two attached hydrogens (primary N) is 1. The Morgan fingerprint density at radius 3 is 1.69 bits per heavy atom. The van der Waals surface area contributed by atoms with Crippen LogP contribution in [-0.2, 0) is 0 Å². The molecule has 1 spiro atoms. The number of hydrogen-bond donors (Lipinski definition) is 1. The molecule has 0 aromatic heterocycles. The summed E-state index contributed by atoms with van der Waals surface area (Å²) in [7, 11) is 0. The van der Waals surface area contributed by atoms with Gasteiger partial charge in [0.05, 0.1) is 0 Å². The van der Waals surface area contributed by atoms with E-state index in [-0.39, 0.29) is 6.42 Å². The Kier molecular flexibility index (Phi) is 1.72. The molecule has 0 saturated heterocycles. The molecular formula is C9H14F3N. The molecule has 0 aromatic carbocycles. The Morgan fingerprint density at radius 1 is 0.923 bits per heavy atom. The van der Waals surface area contributed by atoms with Crippen molar-refractivity contribution in [2.45, 2.75) is 50.2 Å². The van der Waals surface area contributed by atoms with E-state index in [0.717, 1.165) is 6.42 Å². The van der Waals surface area contributed by atoms with Gasteiger partial charge in [-0.1, -0.05) is 12.8 Å². The van der Waals surface area contributed by atoms with Crippen LogP contribution < -0.4 is 5.73 Å². The molecule has 2 rings (SSSR count). The van der Waals surface area contributed by atoms with E-state index in [4.69, 9.17) is 5.73 Å². The summed E-state index contributed by atoms with van der Waals surface area (Å²) in [6.45, 7) is 0. The summed E-state index contributed by atoms with van der Waals surface area (Å²) in [6.07, 6.45) is -0.541. The first kappa shape index (κ1) is 9.31. The lowest BCUT2D eigenvalue weighted by Crippen LogP contribution is -2.64. The van der Waals surface area contributed by atoms with Crippen molar-refractivity contribution < 1.29 is 13.2 Å². The first-order valence-electron chi connectivity index (χ1n) is 4.77. The van der Waals surface area contributed by atoms with Gasteiger partial charge in [0.25, 0.3) is 0 Å². The van der Waals surface area contributed by atoms with Crippen LogP contribution in [0.3, 0.4) is 0 Å². The molecule has 2 aliphatic carbocycles. The van der Waals surface area contributed by atoms with Crippen LogP contribution in [0.25, 0.3) is 0 Å². The third-order valence-electron chi connectivity index (χ3n) is 3.99. The highest BCUT2D eigenvalue weighted by molar-refractivity contribution is 5.14. The number of alkyl halides is 3. The van der Waals surface area contributed by atoms with Crippen LogP contribution in [0.2, 0.25) is 0 Å². The van der Waals surface area contributed by atoms with E-state index in [1.165, 1.54) is 0 Å². The Morgan fingerprint density at radius 2 is 1.38 bits per heavy atom. The Hall–Kier alpha value is -0.250. The van der Waals surface area contributed by atoms with Crippen molar-refractivity contribution in [3.05, 3.63) is 0 Å². The fourth-order valence-electron chi connectivity index (χ4n) is 2.94. The average Bonchev–Trinajstić information content (AvgIpc) is 2.25. The molecule has 1 unspecified atom stereocenters. The maximum Gasteiger partial charge on any atom is 0.406 e. The van der Waals surface area contributed by atoms with Gasteiger partial charge in [0.15, 0.2) is 0 Å². The largest absolute Gasteiger partial charge is 0.406 e. The standard InChI is InChI=1S/C9H14F3N/c10-9(11,12)8(13)6-2-5-7(8)3-1-4-7/h1-6,13H2. The maximum absolute atomic E-state index is 12.7. The van der Waals surface area contributed by atoms with Crippen molar-refractivity contribution >= 4 is 0 Å². The minimum absolute atomic E-state index is 0.122. The molecule has 0 radical (unpaired) electrons. The van der Waals surface area contributed by atoms with E-state index in [9.17, 15) is 13.2 Å². The van der Waals surface area contributed by atoms with Gasteiger partial charge in [0.2, 0.25) is 0 Å². The van der Waals surface area contributed by atoms with E-state index in [1.54, 1.807) is 0 Å². The predicted molar refractivity (Wildman–Crippen MR) is 43.1 cm³/mol. The molecule has 2 saturated carbocycles. The van der Waals surface area contributed by atoms with Crippen molar-refractivity contribution in [2.24, 2.45) is 11.1 Å². The lowest BCUT2D eigenvalue weighted by Gasteiger charge is -2.50. The average molecular weight is 193 g/mol. The summed E-state index contributed by atoms with van der Waals surface area (Å²) in [5.41, 5.74) is 3.08. The molecule has 76 valence electrons. The number of halogens is 3. The molecule has 1 nitrogen and oxygen atoms in total. The van der Waals surface area contributed by atoms with Crippen LogP contribution in [0.4, 0.5) is 13.2 Å². The highest BCUT2D eigenvalue weighted by Crippen LogP contribution is 2.62. The van der Waals surface area contributed by atoms with Crippen LogP contribution in [0.5, 0.6) is 0 Å². The van der Waals surface area contributed by atoms with Crippen LogP contribution in [0.15, 0.2) is 0 Å². The predicted octanol–water partition coefficient (Wildman–Crippen LogP) is 2.60. The molecule has 0 aromatic rings. The monoisotopic (exact) mass is 193 g/mol. The zero-order chi connectivity index (χ0) is 9.74. The van der Waals surface area contributed by atoms with Gasteiger partial charge < -0.3 is 5.73 Å². The van der Waals surface area contributed by atoms with E-state index in [2.05, 4.69) is 0 Å². The van der Waals surface area contributed by atoms with Gasteiger partial charge in [0, 0.05) is 0 Å². The summed E-state index contributed by atoms with van der Waals surface area (Å²) in [4.78, 5) is 0. The molecule has 0 heterocycles. The molecule has 0 amide bonds. The fourth-order valence-corrected chi connectivity index (χ4v) is 2.94. The molecule has 2 fully saturated rings. The SMILES string of the molecule is NC1(C(F)(F)F)CCCC12CCC2. The van der Waals surface area contributed by atoms with Crippen molar-refractivity contribution in [1.82, 2.24) is 0 Å². The van der Waals surface area contributed by atoms with Crippen LogP contribution >= 0.6 is 0 Å². The minimum atomic E-state index is -4.22. The smallest absolute Gasteiger partial charge is 0.317 e. The summed E-state index contributed by atoms with van der Waals surface area (Å²) < 4.78 is 38.2. The van der Waals surface area contributed by atoms with E-state index >= 15 is 0 Å². The van der Waals surface area contributed by atoms with Gasteiger partial charge in [-0.2, -0.15) is 13.2 Å². The van der Waals surface area contributed by atoms with Gasteiger partial charge in [-0.05, 0) is 31.1 Å². The molecule has 1 atom stereocenters. The highest BCUT2D eigenvalue weighted by Gasteiger charge is 2.67. The van der Waals surface area contributed by atoms with Crippen molar-refractivity contribution in [3.63, 3.8) is 0 Å². The molecule has 2 N–H and O–H groups in total. The lowest BCUT2D eigenvalue weighted by molar-refractivity contribution is -0.225. The summed E-state index contributed by atoms with van der Waals surface area (Å²) >= 11 is 0. The molecule has 13 heavy (non-hydrogen) atoms. The topological polar surface area (TPSA) is 26.0 Å². The van der Waals surface area contributed by atoms with Gasteiger partial charge in [-0.15, -0.1) is 0 Å². The van der Waals surface area contributed by atoms with Crippen molar-refractivity contribution in [3.8, 4) is 0 Å². The van der Waals surface area contributed by atoms with E-state index < -0.39 is 17.1 Å². The highest BCUT2D eigenvalue weighted by atomic mass is 19.4. The quantitative estimate of drug-likeness (QED) is 0.628. The number of rotatable bonds is 0. The summed E-state index contributed by atoms with van der Waals surface area (Å²) in [5, 5.41) is 0. The van der Waals surface area contributed by atoms with Gasteiger partial charge in [0.1, 0.15) is 5.54 Å². The Bertz CT molecular complexity index is 219. The third-order valence-corrected chi connectivity index (χ3v) is 3.99. The third kappa shape index (κ3) is 0.981. The first-order chi connectivity index (χ1) is 5.91. The number of hydrogen-bond acceptors (Lipinski definition) is 1. The molecule has 4 heteroatoms. The second kappa shape index (κ2) is 2.41. The summed E-state index contributed by atoms with van der Waals surface area (Å²) in [6, 6.07) is 0. The van der Waals surface area contributed by atoms with E-state index in [1.807, 2.05) is 0 Å². The fraction of sp³-hybridized carbons (Fsp3) is 1.00. The second-order valence-electron chi connectivity index (χ2n) is 4.46. The molecule has 0 bridgehead atoms. The first-order valence-corrected chi connectivity index (χ1v) is 4.77. The van der Waals surface area contributed by atoms with Crippen LogP contribution in [0, 0.1) is 5.41 Å². The summed E-state index contributed by atoms with van der Waals surface area (Å²) in [5.74, 6) is 0. The van der Waals surface area contributed by atoms with Gasteiger partial charge >= 0.3 is 6.18 Å². The van der Waals surface area contributed by atoms with Gasteiger partial charge in [-0.3, -0.25) is 0 Å². The van der Waals surface area contributed by atoms with Gasteiger partial charge in [-0.25, -0.2) is 0 Å². The lowest BCUT2D eigenvalue weighted by atomic mass is 9.59. The normalized spacial score (nSPS) is 37.8. The van der Waals surface area contributed by atoms with Crippen molar-refractivity contribution in [1.29, 1.82) is 0 Å². The van der Waals surface area contributed by atoms with E-state index in [0.29, 0.717) is 25.7 Å². The molecular weight excluding hydrogens is 179 g/mol. The van der Waals surface area contributed by atoms with Crippen LogP contribution in [0.1, 0.15) is 38.5 Å². The zero-order valence-corrected chi connectivity index (χ0v) is 7.45. The molecule has 0 aliphatic heterocycles. The zero-order valence-electron chi connectivity index (χ0n) is 7.45. The van der Waals surface area contributed by atoms with Crippen molar-refractivity contribution in [2.75, 3.05) is 0 Å². The maximum atomic E-state index is 12.7. The second-order valence-corrected chi connectivity index (χ2v) is 4.46. The Labute approximate surface area is 75.5 Å². The molecule has 2 aliphatic rings. The Balaban J connectivity index is 2.30.